The second kappa shape index (κ2) is 8.29. The van der Waals surface area contributed by atoms with Crippen molar-refractivity contribution in [2.45, 2.75) is 18.6 Å². The molecule has 0 aliphatic heterocycles. The number of hydrogen-bond donors (Lipinski definition) is 2. The lowest BCUT2D eigenvalue weighted by molar-refractivity contribution is 0.461. The normalized spacial score (nSPS) is 12.9. The number of alkyl halides is 1. The van der Waals surface area contributed by atoms with E-state index in [1.165, 1.54) is 17.0 Å². The molecule has 3 N–H and O–H groups in total. The Bertz CT molecular complexity index is 1300. The van der Waals surface area contributed by atoms with Gasteiger partial charge in [-0.15, -0.1) is 0 Å². The molecular weight excluding hydrogens is 438 g/mol. The fourth-order valence-electron chi connectivity index (χ4n) is 3.25. The van der Waals surface area contributed by atoms with Crippen LogP contribution in [0.1, 0.15) is 22.8 Å². The van der Waals surface area contributed by atoms with E-state index in [2.05, 4.69) is 10.3 Å². The molecular formula is C19H19ClF2N4O3S. The van der Waals surface area contributed by atoms with E-state index >= 15 is 0 Å². The molecule has 7 nitrogen and oxygen atoms in total. The van der Waals surface area contributed by atoms with Crippen LogP contribution in [0.25, 0.3) is 10.9 Å². The van der Waals surface area contributed by atoms with E-state index in [4.69, 9.17) is 16.7 Å². The van der Waals surface area contributed by atoms with Crippen molar-refractivity contribution in [2.75, 3.05) is 12.0 Å². The highest BCUT2D eigenvalue weighted by Gasteiger charge is 2.28. The maximum Gasteiger partial charge on any atom is 0.261 e. The van der Waals surface area contributed by atoms with Gasteiger partial charge >= 0.3 is 0 Å². The lowest BCUT2D eigenvalue weighted by Crippen LogP contribution is -2.23. The minimum atomic E-state index is -4.18. The molecule has 0 saturated heterocycles. The van der Waals surface area contributed by atoms with Crippen molar-refractivity contribution >= 4 is 43.9 Å². The van der Waals surface area contributed by atoms with Crippen LogP contribution in [0.4, 0.5) is 20.2 Å². The van der Waals surface area contributed by atoms with Gasteiger partial charge < -0.3 is 9.88 Å². The quantitative estimate of drug-likeness (QED) is 0.590. The van der Waals surface area contributed by atoms with Gasteiger partial charge in [0.25, 0.3) is 5.56 Å². The molecule has 3 rings (SSSR count). The number of rotatable bonds is 6. The predicted octanol–water partition coefficient (Wildman–Crippen LogP) is 3.47. The summed E-state index contributed by atoms with van der Waals surface area (Å²) in [5.41, 5.74) is 0.857. The van der Waals surface area contributed by atoms with Crippen LogP contribution < -0.4 is 16.0 Å². The van der Waals surface area contributed by atoms with E-state index in [0.29, 0.717) is 22.2 Å². The summed E-state index contributed by atoms with van der Waals surface area (Å²) in [7, 11) is -2.62. The highest BCUT2D eigenvalue weighted by Crippen LogP contribution is 2.38. The van der Waals surface area contributed by atoms with Crippen LogP contribution in [0.15, 0.2) is 35.4 Å². The first-order valence-electron chi connectivity index (χ1n) is 8.83. The van der Waals surface area contributed by atoms with Gasteiger partial charge in [0.15, 0.2) is 0 Å². The number of sulfonamides is 1. The number of anilines is 2. The van der Waals surface area contributed by atoms with Crippen molar-refractivity contribution in [2.24, 2.45) is 12.2 Å². The van der Waals surface area contributed by atoms with Gasteiger partial charge in [0.05, 0.1) is 34.6 Å². The van der Waals surface area contributed by atoms with Crippen molar-refractivity contribution in [1.29, 1.82) is 0 Å². The highest BCUT2D eigenvalue weighted by atomic mass is 35.5. The number of halogens is 3. The van der Waals surface area contributed by atoms with Crippen molar-refractivity contribution in [3.05, 3.63) is 62.9 Å². The number of fused-ring (bicyclic) bond motifs is 1. The summed E-state index contributed by atoms with van der Waals surface area (Å²) < 4.78 is 52.6. The Morgan fingerprint density at radius 1 is 1.30 bits per heavy atom. The smallest absolute Gasteiger partial charge is 0.261 e. The van der Waals surface area contributed by atoms with Gasteiger partial charge in [0.2, 0.25) is 10.0 Å². The molecule has 0 saturated carbocycles. The van der Waals surface area contributed by atoms with Crippen molar-refractivity contribution < 1.29 is 17.2 Å². The van der Waals surface area contributed by atoms with Crippen LogP contribution in [0.2, 0.25) is 5.02 Å². The molecule has 11 heteroatoms. The summed E-state index contributed by atoms with van der Waals surface area (Å²) in [6.07, 6.45) is 0.982. The van der Waals surface area contributed by atoms with Crippen LogP contribution >= 0.6 is 11.6 Å². The Morgan fingerprint density at radius 3 is 2.63 bits per heavy atom. The van der Waals surface area contributed by atoms with Crippen molar-refractivity contribution in [3.63, 3.8) is 0 Å². The SMILES string of the molecule is Cc1c(Nc2c(F)ccc(C(CCF)S(N)(=O)=O)c2Cl)ccc2ncn(C)c(=O)c12. The molecule has 1 heterocycles. The third-order valence-corrected chi connectivity index (χ3v) is 6.53. The summed E-state index contributed by atoms with van der Waals surface area (Å²) in [6.45, 7) is 0.720. The largest absolute Gasteiger partial charge is 0.352 e. The van der Waals surface area contributed by atoms with Gasteiger partial charge in [-0.3, -0.25) is 9.18 Å². The van der Waals surface area contributed by atoms with Gasteiger partial charge in [-0.05, 0) is 42.7 Å². The average Bonchev–Trinajstić information content (AvgIpc) is 2.67. The molecule has 0 fully saturated rings. The molecule has 30 heavy (non-hydrogen) atoms. The van der Waals surface area contributed by atoms with Crippen LogP contribution in [0.3, 0.4) is 0 Å². The second-order valence-electron chi connectivity index (χ2n) is 6.80. The summed E-state index contributed by atoms with van der Waals surface area (Å²) >= 11 is 6.30. The number of nitrogens with one attached hydrogen (secondary N) is 1. The fraction of sp³-hybridized carbons (Fsp3) is 0.263. The molecule has 1 aromatic heterocycles. The lowest BCUT2D eigenvalue weighted by atomic mass is 10.1. The third-order valence-electron chi connectivity index (χ3n) is 4.84. The summed E-state index contributed by atoms with van der Waals surface area (Å²) in [5, 5.41) is 6.72. The summed E-state index contributed by atoms with van der Waals surface area (Å²) in [4.78, 5) is 16.7. The first-order chi connectivity index (χ1) is 14.1. The molecule has 0 aliphatic rings. The van der Waals surface area contributed by atoms with E-state index in [1.54, 1.807) is 26.1 Å². The van der Waals surface area contributed by atoms with Gasteiger partial charge in [0, 0.05) is 12.7 Å². The maximum atomic E-state index is 14.6. The van der Waals surface area contributed by atoms with E-state index in [0.717, 1.165) is 6.07 Å². The zero-order valence-electron chi connectivity index (χ0n) is 16.1. The Labute approximate surface area is 176 Å². The van der Waals surface area contributed by atoms with Crippen LogP contribution in [-0.2, 0) is 17.1 Å². The third kappa shape index (κ3) is 4.03. The Kier molecular flexibility index (Phi) is 6.11. The van der Waals surface area contributed by atoms with Crippen molar-refractivity contribution in [3.8, 4) is 0 Å². The molecule has 160 valence electrons. The van der Waals surface area contributed by atoms with Gasteiger partial charge in [-0.25, -0.2) is 22.9 Å². The highest BCUT2D eigenvalue weighted by molar-refractivity contribution is 7.89. The van der Waals surface area contributed by atoms with Gasteiger partial charge in [-0.1, -0.05) is 17.7 Å². The van der Waals surface area contributed by atoms with E-state index in [-0.39, 0.29) is 21.8 Å². The fourth-order valence-corrected chi connectivity index (χ4v) is 4.62. The molecule has 0 spiro atoms. The minimum absolute atomic E-state index is 0.0169. The number of benzene rings is 2. The van der Waals surface area contributed by atoms with Crippen LogP contribution in [-0.4, -0.2) is 24.6 Å². The second-order valence-corrected chi connectivity index (χ2v) is 8.92. The molecule has 2 aromatic carbocycles. The van der Waals surface area contributed by atoms with Gasteiger partial charge in [-0.2, -0.15) is 0 Å². The van der Waals surface area contributed by atoms with Crippen LogP contribution in [0.5, 0.6) is 0 Å². The average molecular weight is 457 g/mol. The molecule has 1 unspecified atom stereocenters. The number of primary sulfonamides is 1. The number of aromatic nitrogens is 2. The molecule has 0 aliphatic carbocycles. The van der Waals surface area contributed by atoms with E-state index in [9.17, 15) is 22.0 Å². The first kappa shape index (κ1) is 22.1. The first-order valence-corrected chi connectivity index (χ1v) is 10.8. The Hall–Kier alpha value is -2.56. The number of aryl methyl sites for hydroxylation is 2. The number of nitrogens with zero attached hydrogens (tertiary/aromatic N) is 2. The molecule has 0 amide bonds. The summed E-state index contributed by atoms with van der Waals surface area (Å²) in [5.74, 6) is -0.754. The zero-order chi connectivity index (χ0) is 22.2. The van der Waals surface area contributed by atoms with Gasteiger partial charge in [0.1, 0.15) is 11.1 Å². The molecule has 3 aromatic rings. The Morgan fingerprint density at radius 2 is 2.00 bits per heavy atom. The molecule has 0 radical (unpaired) electrons. The van der Waals surface area contributed by atoms with Crippen LogP contribution in [0, 0.1) is 12.7 Å². The predicted molar refractivity (Wildman–Crippen MR) is 113 cm³/mol. The maximum absolute atomic E-state index is 14.6. The molecule has 1 atom stereocenters. The monoisotopic (exact) mass is 456 g/mol. The standard InChI is InChI=1S/C19H19ClF2N4O3S/c1-10-13(5-6-14-16(10)19(27)26(2)9-24-14)25-18-12(22)4-3-11(17(18)20)15(7-8-21)30(23,28)29/h3-6,9,15,25H,7-8H2,1-2H3,(H2,23,28,29). The number of nitrogens with two attached hydrogens (primary N) is 1. The van der Waals surface area contributed by atoms with Crippen molar-refractivity contribution in [1.82, 2.24) is 9.55 Å². The summed E-state index contributed by atoms with van der Waals surface area (Å²) in [6, 6.07) is 5.39. The topological polar surface area (TPSA) is 107 Å². The number of hydrogen-bond acceptors (Lipinski definition) is 5. The van der Waals surface area contributed by atoms with E-state index < -0.39 is 34.2 Å². The lowest BCUT2D eigenvalue weighted by Gasteiger charge is -2.19. The minimum Gasteiger partial charge on any atom is -0.352 e. The zero-order valence-corrected chi connectivity index (χ0v) is 17.7. The Balaban J connectivity index is 2.15. The molecule has 0 bridgehead atoms. The van der Waals surface area contributed by atoms with E-state index in [1.807, 2.05) is 0 Å².